The van der Waals surface area contributed by atoms with Crippen LogP contribution in [0.2, 0.25) is 5.02 Å². The van der Waals surface area contributed by atoms with E-state index in [2.05, 4.69) is 10.3 Å². The molecule has 8 heteroatoms. The van der Waals surface area contributed by atoms with E-state index in [1.807, 2.05) is 24.3 Å². The SMILES string of the molecule is CC(=O)N(CC(=O)O)[C@H]1c2ccccc2C[C@H]1NC(=O)c1cc2cc(Cl)ccc2[nH]1. The Morgan fingerprint density at radius 2 is 1.97 bits per heavy atom. The normalized spacial score (nSPS) is 17.5. The van der Waals surface area contributed by atoms with Gasteiger partial charge in [0.25, 0.3) is 5.91 Å². The molecule has 4 rings (SSSR count). The average molecular weight is 426 g/mol. The van der Waals surface area contributed by atoms with Crippen molar-refractivity contribution in [1.29, 1.82) is 0 Å². The second kappa shape index (κ2) is 7.84. The van der Waals surface area contributed by atoms with Gasteiger partial charge in [-0.05, 0) is 41.8 Å². The molecule has 1 heterocycles. The van der Waals surface area contributed by atoms with E-state index in [1.165, 1.54) is 11.8 Å². The molecule has 3 N–H and O–H groups in total. The molecule has 0 aliphatic heterocycles. The van der Waals surface area contributed by atoms with Crippen LogP contribution in [0.4, 0.5) is 0 Å². The number of amides is 2. The van der Waals surface area contributed by atoms with Crippen molar-refractivity contribution in [3.8, 4) is 0 Å². The summed E-state index contributed by atoms with van der Waals surface area (Å²) < 4.78 is 0. The van der Waals surface area contributed by atoms with Gasteiger partial charge in [-0.25, -0.2) is 0 Å². The minimum absolute atomic E-state index is 0.330. The van der Waals surface area contributed by atoms with Crippen LogP contribution in [0, 0.1) is 0 Å². The van der Waals surface area contributed by atoms with Gasteiger partial charge in [0.1, 0.15) is 12.2 Å². The van der Waals surface area contributed by atoms with Crippen LogP contribution in [0.5, 0.6) is 0 Å². The van der Waals surface area contributed by atoms with Crippen molar-refractivity contribution < 1.29 is 19.5 Å². The van der Waals surface area contributed by atoms with Gasteiger partial charge in [-0.15, -0.1) is 0 Å². The number of carbonyl (C=O) groups excluding carboxylic acids is 2. The Bertz CT molecular complexity index is 1160. The van der Waals surface area contributed by atoms with Gasteiger partial charge in [0, 0.05) is 22.8 Å². The van der Waals surface area contributed by atoms with E-state index in [4.69, 9.17) is 11.6 Å². The largest absolute Gasteiger partial charge is 0.480 e. The Labute approximate surface area is 177 Å². The number of aromatic nitrogens is 1. The highest BCUT2D eigenvalue weighted by molar-refractivity contribution is 6.31. The minimum atomic E-state index is -1.10. The molecule has 0 radical (unpaired) electrons. The summed E-state index contributed by atoms with van der Waals surface area (Å²) in [5.74, 6) is -1.80. The molecule has 0 unspecified atom stereocenters. The lowest BCUT2D eigenvalue weighted by Crippen LogP contribution is -2.47. The quantitative estimate of drug-likeness (QED) is 0.584. The fraction of sp³-hybridized carbons (Fsp3) is 0.227. The fourth-order valence-electron chi connectivity index (χ4n) is 4.11. The van der Waals surface area contributed by atoms with Crippen molar-refractivity contribution in [2.75, 3.05) is 6.54 Å². The third-order valence-electron chi connectivity index (χ3n) is 5.38. The third-order valence-corrected chi connectivity index (χ3v) is 5.62. The third kappa shape index (κ3) is 3.76. The molecule has 0 saturated heterocycles. The number of hydrogen-bond donors (Lipinski definition) is 3. The number of nitrogens with one attached hydrogen (secondary N) is 2. The Kier molecular flexibility index (Phi) is 5.22. The molecule has 30 heavy (non-hydrogen) atoms. The Hall–Kier alpha value is -3.32. The van der Waals surface area contributed by atoms with Crippen molar-refractivity contribution in [3.05, 3.63) is 70.4 Å². The van der Waals surface area contributed by atoms with E-state index < -0.39 is 24.6 Å². The first-order valence-electron chi connectivity index (χ1n) is 9.49. The maximum Gasteiger partial charge on any atom is 0.323 e. The van der Waals surface area contributed by atoms with Gasteiger partial charge in [0.05, 0.1) is 12.1 Å². The van der Waals surface area contributed by atoms with Gasteiger partial charge < -0.3 is 20.3 Å². The van der Waals surface area contributed by atoms with Crippen LogP contribution >= 0.6 is 11.6 Å². The number of hydrogen-bond acceptors (Lipinski definition) is 3. The molecule has 1 aliphatic carbocycles. The Morgan fingerprint density at radius 1 is 1.20 bits per heavy atom. The molecule has 2 atom stereocenters. The molecular formula is C22H20ClN3O4. The van der Waals surface area contributed by atoms with E-state index in [-0.39, 0.29) is 11.8 Å². The number of rotatable bonds is 5. The zero-order valence-corrected chi connectivity index (χ0v) is 16.9. The van der Waals surface area contributed by atoms with E-state index in [0.29, 0.717) is 17.1 Å². The summed E-state index contributed by atoms with van der Waals surface area (Å²) >= 11 is 6.02. The summed E-state index contributed by atoms with van der Waals surface area (Å²) in [6.45, 7) is 0.899. The molecule has 0 bridgehead atoms. The number of carbonyl (C=O) groups is 3. The lowest BCUT2D eigenvalue weighted by atomic mass is 10.0. The molecule has 2 amide bonds. The lowest BCUT2D eigenvalue weighted by Gasteiger charge is -2.32. The van der Waals surface area contributed by atoms with Crippen LogP contribution in [0.3, 0.4) is 0 Å². The minimum Gasteiger partial charge on any atom is -0.480 e. The van der Waals surface area contributed by atoms with Gasteiger partial charge >= 0.3 is 5.97 Å². The number of aromatic amines is 1. The predicted octanol–water partition coefficient (Wildman–Crippen LogP) is 3.15. The highest BCUT2D eigenvalue weighted by Crippen LogP contribution is 2.36. The number of halogens is 1. The number of H-pyrrole nitrogens is 1. The molecule has 1 aliphatic rings. The van der Waals surface area contributed by atoms with Crippen LogP contribution in [-0.4, -0.2) is 45.4 Å². The highest BCUT2D eigenvalue weighted by atomic mass is 35.5. The first-order valence-corrected chi connectivity index (χ1v) is 9.87. The number of fused-ring (bicyclic) bond motifs is 2. The predicted molar refractivity (Wildman–Crippen MR) is 112 cm³/mol. The van der Waals surface area contributed by atoms with Gasteiger partial charge in [0.2, 0.25) is 5.91 Å². The first kappa shape index (κ1) is 20.0. The molecule has 2 aromatic carbocycles. The fourth-order valence-corrected chi connectivity index (χ4v) is 4.29. The van der Waals surface area contributed by atoms with E-state index in [1.54, 1.807) is 24.3 Å². The van der Waals surface area contributed by atoms with Crippen molar-refractivity contribution in [2.24, 2.45) is 0 Å². The molecule has 1 aromatic heterocycles. The van der Waals surface area contributed by atoms with Crippen LogP contribution in [-0.2, 0) is 16.0 Å². The smallest absolute Gasteiger partial charge is 0.323 e. The first-order chi connectivity index (χ1) is 14.3. The summed E-state index contributed by atoms with van der Waals surface area (Å²) in [7, 11) is 0. The van der Waals surface area contributed by atoms with Crippen molar-refractivity contribution in [3.63, 3.8) is 0 Å². The summed E-state index contributed by atoms with van der Waals surface area (Å²) in [6, 6.07) is 13.5. The second-order valence-electron chi connectivity index (χ2n) is 7.38. The van der Waals surface area contributed by atoms with Crippen molar-refractivity contribution in [2.45, 2.75) is 25.4 Å². The molecular weight excluding hydrogens is 406 g/mol. The maximum absolute atomic E-state index is 13.0. The van der Waals surface area contributed by atoms with E-state index >= 15 is 0 Å². The number of carboxylic acid groups (broad SMARTS) is 1. The second-order valence-corrected chi connectivity index (χ2v) is 7.82. The molecule has 3 aromatic rings. The Balaban J connectivity index is 1.64. The molecule has 0 spiro atoms. The average Bonchev–Trinajstić information content (AvgIpc) is 3.26. The van der Waals surface area contributed by atoms with E-state index in [9.17, 15) is 19.5 Å². The monoisotopic (exact) mass is 425 g/mol. The molecule has 0 fully saturated rings. The Morgan fingerprint density at radius 3 is 2.70 bits per heavy atom. The summed E-state index contributed by atoms with van der Waals surface area (Å²) in [6.07, 6.45) is 0.502. The molecule has 0 saturated carbocycles. The van der Waals surface area contributed by atoms with Crippen molar-refractivity contribution >= 4 is 40.3 Å². The zero-order valence-electron chi connectivity index (χ0n) is 16.2. The zero-order chi connectivity index (χ0) is 21.4. The van der Waals surface area contributed by atoms with Crippen molar-refractivity contribution in [1.82, 2.24) is 15.2 Å². The maximum atomic E-state index is 13.0. The molecule has 7 nitrogen and oxygen atoms in total. The van der Waals surface area contributed by atoms with Crippen LogP contribution < -0.4 is 5.32 Å². The topological polar surface area (TPSA) is 102 Å². The van der Waals surface area contributed by atoms with Crippen LogP contribution in [0.15, 0.2) is 48.5 Å². The number of benzene rings is 2. The van der Waals surface area contributed by atoms with Crippen LogP contribution in [0.25, 0.3) is 10.9 Å². The number of aliphatic carboxylic acids is 1. The lowest BCUT2D eigenvalue weighted by molar-refractivity contribution is -0.145. The highest BCUT2D eigenvalue weighted by Gasteiger charge is 2.39. The van der Waals surface area contributed by atoms with Gasteiger partial charge in [0.15, 0.2) is 0 Å². The van der Waals surface area contributed by atoms with Crippen LogP contribution in [0.1, 0.15) is 34.6 Å². The van der Waals surface area contributed by atoms with Gasteiger partial charge in [-0.2, -0.15) is 0 Å². The summed E-state index contributed by atoms with van der Waals surface area (Å²) in [5.41, 5.74) is 2.98. The standard InChI is InChI=1S/C22H20ClN3O4/c1-12(27)26(11-20(28)29)21-16-5-3-2-4-13(16)9-18(21)25-22(30)19-10-14-8-15(23)6-7-17(14)24-19/h2-8,10,18,21,24H,9,11H2,1H3,(H,25,30)(H,28,29)/t18-,21+/m1/s1. The van der Waals surface area contributed by atoms with E-state index in [0.717, 1.165) is 22.0 Å². The number of nitrogens with zero attached hydrogens (tertiary/aromatic N) is 1. The summed E-state index contributed by atoms with van der Waals surface area (Å²) in [4.78, 5) is 41.0. The number of carboxylic acids is 1. The van der Waals surface area contributed by atoms with Gasteiger partial charge in [-0.1, -0.05) is 35.9 Å². The summed E-state index contributed by atoms with van der Waals surface area (Å²) in [5, 5.41) is 13.7. The van der Waals surface area contributed by atoms with Gasteiger partial charge in [-0.3, -0.25) is 14.4 Å². The molecule has 154 valence electrons.